The van der Waals surface area contributed by atoms with Crippen LogP contribution in [0.15, 0.2) is 54.5 Å². The van der Waals surface area contributed by atoms with Crippen LogP contribution in [0.3, 0.4) is 0 Å². The van der Waals surface area contributed by atoms with Gasteiger partial charge in [-0.1, -0.05) is 30.9 Å². The van der Waals surface area contributed by atoms with Crippen molar-refractivity contribution < 1.29 is 4.74 Å². The number of hydrogen-bond acceptors (Lipinski definition) is 4. The van der Waals surface area contributed by atoms with Gasteiger partial charge in [-0.2, -0.15) is 5.26 Å². The average Bonchev–Trinajstić information content (AvgIpc) is 3.17. The van der Waals surface area contributed by atoms with Gasteiger partial charge >= 0.3 is 0 Å². The third kappa shape index (κ3) is 4.43. The lowest BCUT2D eigenvalue weighted by atomic mass is 9.88. The number of aromatic nitrogens is 1. The highest BCUT2D eigenvalue weighted by molar-refractivity contribution is 7.16. The van der Waals surface area contributed by atoms with Gasteiger partial charge in [0.15, 0.2) is 0 Å². The Balaban J connectivity index is 1.92. The van der Waals surface area contributed by atoms with Crippen LogP contribution in [0.5, 0.6) is 0 Å². The predicted molar refractivity (Wildman–Crippen MR) is 117 cm³/mol. The van der Waals surface area contributed by atoms with Gasteiger partial charge in [0.25, 0.3) is 0 Å². The second-order valence-electron chi connectivity index (χ2n) is 7.18. The lowest BCUT2D eigenvalue weighted by Gasteiger charge is -2.18. The maximum atomic E-state index is 9.51. The zero-order valence-electron chi connectivity index (χ0n) is 16.8. The topological polar surface area (TPSA) is 45.9 Å². The van der Waals surface area contributed by atoms with E-state index in [9.17, 15) is 5.26 Å². The molecule has 1 aromatic heterocycles. The second-order valence-corrected chi connectivity index (χ2v) is 8.21. The van der Waals surface area contributed by atoms with Crippen molar-refractivity contribution in [2.45, 2.75) is 52.6 Å². The van der Waals surface area contributed by atoms with Crippen molar-refractivity contribution in [1.82, 2.24) is 4.98 Å². The van der Waals surface area contributed by atoms with Crippen LogP contribution >= 0.6 is 11.3 Å². The molecule has 4 heteroatoms. The number of nitriles is 1. The van der Waals surface area contributed by atoms with E-state index in [-0.39, 0.29) is 6.10 Å². The normalized spacial score (nSPS) is 14.5. The van der Waals surface area contributed by atoms with Crippen LogP contribution in [0.25, 0.3) is 16.0 Å². The summed E-state index contributed by atoms with van der Waals surface area (Å²) < 4.78 is 5.59. The summed E-state index contributed by atoms with van der Waals surface area (Å²) in [7, 11) is 0. The average molecular weight is 391 g/mol. The smallest absolute Gasteiger partial charge is 0.130 e. The van der Waals surface area contributed by atoms with Gasteiger partial charge in [-0.25, -0.2) is 4.98 Å². The number of hydrogen-bond donors (Lipinski definition) is 0. The van der Waals surface area contributed by atoms with Crippen molar-refractivity contribution in [2.75, 3.05) is 0 Å². The first kappa shape index (κ1) is 20.1. The van der Waals surface area contributed by atoms with E-state index in [4.69, 9.17) is 4.74 Å². The molecule has 0 bridgehead atoms. The van der Waals surface area contributed by atoms with Crippen LogP contribution in [0, 0.1) is 11.3 Å². The largest absolute Gasteiger partial charge is 0.490 e. The van der Waals surface area contributed by atoms with E-state index in [1.807, 2.05) is 39.1 Å². The summed E-state index contributed by atoms with van der Waals surface area (Å²) in [5.41, 5.74) is 5.58. The highest BCUT2D eigenvalue weighted by Gasteiger charge is 2.17. The van der Waals surface area contributed by atoms with Gasteiger partial charge in [-0.15, -0.1) is 11.3 Å². The highest BCUT2D eigenvalue weighted by Crippen LogP contribution is 2.36. The molecule has 1 aromatic carbocycles. The Morgan fingerprint density at radius 2 is 2.11 bits per heavy atom. The molecule has 1 aliphatic rings. The standard InChI is InChI=1S/C24H26N2OS/c1-5-18(13-20(14-25)17(4)27-16(2)3)24-26-15-23(28-24)22-12-8-10-19-9-6-7-11-21(19)22/h5,8,10,12-13,15-16H,4,6-7,9,11H2,1-3H3/b18-5+,20-13-. The Bertz CT molecular complexity index is 973. The molecule has 2 aromatic rings. The monoisotopic (exact) mass is 390 g/mol. The van der Waals surface area contributed by atoms with E-state index in [0.717, 1.165) is 17.0 Å². The summed E-state index contributed by atoms with van der Waals surface area (Å²) in [6.45, 7) is 9.69. The lowest BCUT2D eigenvalue weighted by Crippen LogP contribution is -2.03. The fraction of sp³-hybridized carbons (Fsp3) is 0.333. The first-order valence-electron chi connectivity index (χ1n) is 9.74. The summed E-state index contributed by atoms with van der Waals surface area (Å²) in [5.74, 6) is 0.394. The minimum atomic E-state index is -0.0194. The Labute approximate surface area is 171 Å². The van der Waals surface area contributed by atoms with E-state index >= 15 is 0 Å². The molecule has 0 saturated heterocycles. The van der Waals surface area contributed by atoms with E-state index in [1.54, 1.807) is 11.3 Å². The van der Waals surface area contributed by atoms with Gasteiger partial charge in [0.1, 0.15) is 16.8 Å². The molecule has 0 N–H and O–H groups in total. The maximum absolute atomic E-state index is 9.51. The molecule has 28 heavy (non-hydrogen) atoms. The fourth-order valence-electron chi connectivity index (χ4n) is 3.49. The predicted octanol–water partition coefficient (Wildman–Crippen LogP) is 6.48. The van der Waals surface area contributed by atoms with Gasteiger partial charge in [0.2, 0.25) is 0 Å². The SMILES string of the molecule is C=C(OC(C)C)/C(C#N)=C\C(=C/C)c1ncc(-c2cccc3c2CCCC3)s1. The fourth-order valence-corrected chi connectivity index (χ4v) is 4.51. The van der Waals surface area contributed by atoms with Crippen LogP contribution in [0.2, 0.25) is 0 Å². The molecule has 0 amide bonds. The van der Waals surface area contributed by atoms with Crippen LogP contribution in [-0.4, -0.2) is 11.1 Å². The zero-order valence-corrected chi connectivity index (χ0v) is 17.6. The zero-order chi connectivity index (χ0) is 20.1. The molecular weight excluding hydrogens is 364 g/mol. The first-order chi connectivity index (χ1) is 13.5. The third-order valence-corrected chi connectivity index (χ3v) is 5.90. The highest BCUT2D eigenvalue weighted by atomic mass is 32.1. The van der Waals surface area contributed by atoms with Crippen molar-refractivity contribution in [3.63, 3.8) is 0 Å². The van der Waals surface area contributed by atoms with E-state index in [1.165, 1.54) is 40.8 Å². The Morgan fingerprint density at radius 3 is 2.82 bits per heavy atom. The molecule has 0 radical (unpaired) electrons. The molecule has 0 spiro atoms. The molecule has 0 atom stereocenters. The molecule has 144 valence electrons. The number of fused-ring (bicyclic) bond motifs is 1. The van der Waals surface area contributed by atoms with Crippen LogP contribution < -0.4 is 0 Å². The minimum absolute atomic E-state index is 0.0194. The number of allylic oxidation sites excluding steroid dienone is 4. The van der Waals surface area contributed by atoms with Crippen molar-refractivity contribution >= 4 is 16.9 Å². The van der Waals surface area contributed by atoms with Crippen molar-refractivity contribution in [3.05, 3.63) is 70.6 Å². The van der Waals surface area contributed by atoms with E-state index in [0.29, 0.717) is 11.3 Å². The molecule has 1 aliphatic carbocycles. The molecule has 3 nitrogen and oxygen atoms in total. The number of ether oxygens (including phenoxy) is 1. The number of benzene rings is 1. The van der Waals surface area contributed by atoms with Gasteiger partial charge in [-0.05, 0) is 69.2 Å². The van der Waals surface area contributed by atoms with Crippen LogP contribution in [0.1, 0.15) is 49.7 Å². The molecule has 1 heterocycles. The minimum Gasteiger partial charge on any atom is -0.490 e. The molecule has 0 fully saturated rings. The molecular formula is C24H26N2OS. The van der Waals surface area contributed by atoms with Gasteiger partial charge < -0.3 is 4.74 Å². The van der Waals surface area contributed by atoms with E-state index in [2.05, 4.69) is 35.8 Å². The number of aryl methyl sites for hydroxylation is 1. The van der Waals surface area contributed by atoms with Gasteiger partial charge in [0, 0.05) is 11.8 Å². The Hall–Kier alpha value is -2.64. The number of nitrogens with zero attached hydrogens (tertiary/aromatic N) is 2. The number of rotatable bonds is 6. The van der Waals surface area contributed by atoms with Crippen molar-refractivity contribution in [1.29, 1.82) is 5.26 Å². The van der Waals surface area contributed by atoms with Gasteiger partial charge in [-0.3, -0.25) is 0 Å². The summed E-state index contributed by atoms with van der Waals surface area (Å²) in [4.78, 5) is 5.82. The molecule has 3 rings (SSSR count). The quantitative estimate of drug-likeness (QED) is 0.322. The molecule has 0 aliphatic heterocycles. The maximum Gasteiger partial charge on any atom is 0.130 e. The number of thiazole rings is 1. The molecule has 0 unspecified atom stereocenters. The van der Waals surface area contributed by atoms with Crippen LogP contribution in [-0.2, 0) is 17.6 Å². The lowest BCUT2D eigenvalue weighted by molar-refractivity contribution is 0.157. The van der Waals surface area contributed by atoms with Crippen molar-refractivity contribution in [2.24, 2.45) is 0 Å². The van der Waals surface area contributed by atoms with Gasteiger partial charge in [0.05, 0.1) is 16.6 Å². The summed E-state index contributed by atoms with van der Waals surface area (Å²) >= 11 is 1.67. The first-order valence-corrected chi connectivity index (χ1v) is 10.6. The summed E-state index contributed by atoms with van der Waals surface area (Å²) in [6, 6.07) is 8.79. The second kappa shape index (κ2) is 9.03. The summed E-state index contributed by atoms with van der Waals surface area (Å²) in [5, 5.41) is 10.4. The van der Waals surface area contributed by atoms with E-state index < -0.39 is 0 Å². The summed E-state index contributed by atoms with van der Waals surface area (Å²) in [6.07, 6.45) is 10.6. The van der Waals surface area contributed by atoms with Crippen LogP contribution in [0.4, 0.5) is 0 Å². The third-order valence-electron chi connectivity index (χ3n) is 4.82. The van der Waals surface area contributed by atoms with Crippen molar-refractivity contribution in [3.8, 4) is 16.5 Å². The Morgan fingerprint density at radius 1 is 1.32 bits per heavy atom. The molecule has 0 saturated carbocycles. The Kier molecular flexibility index (Phi) is 6.49.